The summed E-state index contributed by atoms with van der Waals surface area (Å²) in [6, 6.07) is 2.72. The maximum atomic E-state index is 4.32. The van der Waals surface area contributed by atoms with Gasteiger partial charge in [-0.25, -0.2) is 0 Å². The van der Waals surface area contributed by atoms with Crippen LogP contribution in [0.4, 0.5) is 0 Å². The average molecular weight is 264 g/mol. The molecule has 1 saturated heterocycles. The van der Waals surface area contributed by atoms with E-state index < -0.39 is 0 Å². The van der Waals surface area contributed by atoms with Gasteiger partial charge in [-0.1, -0.05) is 19.8 Å². The Morgan fingerprint density at radius 3 is 2.89 bits per heavy atom. The maximum Gasteiger partial charge on any atom is 0.0625 e. The van der Waals surface area contributed by atoms with Crippen molar-refractivity contribution in [1.29, 1.82) is 0 Å². The second-order valence-electron chi connectivity index (χ2n) is 5.78. The van der Waals surface area contributed by atoms with Crippen LogP contribution in [0.3, 0.4) is 0 Å². The average Bonchev–Trinajstić information content (AvgIpc) is 2.86. The van der Waals surface area contributed by atoms with Crippen molar-refractivity contribution in [1.82, 2.24) is 20.4 Å². The van der Waals surface area contributed by atoms with E-state index in [2.05, 4.69) is 40.3 Å². The third kappa shape index (κ3) is 4.96. The lowest BCUT2D eigenvalue weighted by atomic mass is 10.1. The van der Waals surface area contributed by atoms with Gasteiger partial charge in [-0.2, -0.15) is 5.10 Å². The Morgan fingerprint density at radius 1 is 1.37 bits per heavy atom. The Kier molecular flexibility index (Phi) is 5.86. The van der Waals surface area contributed by atoms with Gasteiger partial charge in [0.2, 0.25) is 0 Å². The quantitative estimate of drug-likeness (QED) is 0.794. The van der Waals surface area contributed by atoms with Gasteiger partial charge in [-0.05, 0) is 45.3 Å². The van der Waals surface area contributed by atoms with Gasteiger partial charge < -0.3 is 10.2 Å². The summed E-state index contributed by atoms with van der Waals surface area (Å²) in [5.41, 5.74) is 2.39. The Hall–Kier alpha value is -0.870. The number of hydrogen-bond donors (Lipinski definition) is 2. The zero-order valence-corrected chi connectivity index (χ0v) is 12.4. The minimum atomic E-state index is 0.538. The van der Waals surface area contributed by atoms with Crippen molar-refractivity contribution in [3.05, 3.63) is 17.5 Å². The van der Waals surface area contributed by atoms with Gasteiger partial charge in [0.15, 0.2) is 0 Å². The number of nitrogens with one attached hydrogen (secondary N) is 2. The van der Waals surface area contributed by atoms with Crippen molar-refractivity contribution < 1.29 is 0 Å². The van der Waals surface area contributed by atoms with E-state index in [9.17, 15) is 0 Å². The van der Waals surface area contributed by atoms with Crippen molar-refractivity contribution in [2.24, 2.45) is 0 Å². The third-order valence-corrected chi connectivity index (χ3v) is 3.81. The van der Waals surface area contributed by atoms with Crippen LogP contribution in [-0.4, -0.2) is 40.8 Å². The maximum absolute atomic E-state index is 4.32. The van der Waals surface area contributed by atoms with Gasteiger partial charge >= 0.3 is 0 Å². The molecule has 4 nitrogen and oxygen atoms in total. The molecule has 2 heterocycles. The number of aromatic nitrogens is 2. The summed E-state index contributed by atoms with van der Waals surface area (Å²) in [6.07, 6.45) is 6.37. The highest BCUT2D eigenvalue weighted by Crippen LogP contribution is 2.09. The van der Waals surface area contributed by atoms with Crippen molar-refractivity contribution in [3.63, 3.8) is 0 Å². The number of H-pyrrole nitrogens is 1. The molecule has 1 aromatic heterocycles. The predicted molar refractivity (Wildman–Crippen MR) is 79.2 cm³/mol. The number of nitrogens with zero attached hydrogens (tertiary/aromatic N) is 2. The fraction of sp³-hybridized carbons (Fsp3) is 0.800. The molecule has 4 heteroatoms. The third-order valence-electron chi connectivity index (χ3n) is 3.81. The molecule has 108 valence electrons. The van der Waals surface area contributed by atoms with Gasteiger partial charge in [0, 0.05) is 24.8 Å². The van der Waals surface area contributed by atoms with Crippen LogP contribution in [0.15, 0.2) is 6.07 Å². The smallest absolute Gasteiger partial charge is 0.0625 e. The number of hydrogen-bond acceptors (Lipinski definition) is 3. The van der Waals surface area contributed by atoms with Crippen molar-refractivity contribution in [3.8, 4) is 0 Å². The summed E-state index contributed by atoms with van der Waals surface area (Å²) < 4.78 is 0. The number of aryl methyl sites for hydroxylation is 1. The highest BCUT2D eigenvalue weighted by Gasteiger charge is 2.13. The van der Waals surface area contributed by atoms with Gasteiger partial charge in [-0.15, -0.1) is 0 Å². The Morgan fingerprint density at radius 2 is 2.16 bits per heavy atom. The summed E-state index contributed by atoms with van der Waals surface area (Å²) in [6.45, 7) is 9.07. The van der Waals surface area contributed by atoms with Crippen molar-refractivity contribution in [2.45, 2.75) is 58.5 Å². The van der Waals surface area contributed by atoms with Crippen LogP contribution in [0, 0.1) is 0 Å². The first kappa shape index (κ1) is 14.5. The number of piperidine rings is 1. The highest BCUT2D eigenvalue weighted by atomic mass is 15.2. The monoisotopic (exact) mass is 264 g/mol. The molecule has 0 saturated carbocycles. The summed E-state index contributed by atoms with van der Waals surface area (Å²) >= 11 is 0. The lowest BCUT2D eigenvalue weighted by Crippen LogP contribution is -2.41. The molecule has 1 aliphatic rings. The molecule has 0 amide bonds. The van der Waals surface area contributed by atoms with E-state index in [-0.39, 0.29) is 0 Å². The van der Waals surface area contributed by atoms with E-state index in [1.54, 1.807) is 0 Å². The summed E-state index contributed by atoms with van der Waals surface area (Å²) in [4.78, 5) is 2.58. The molecule has 1 fully saturated rings. The summed E-state index contributed by atoms with van der Waals surface area (Å²) in [7, 11) is 0. The molecule has 0 radical (unpaired) electrons. The van der Waals surface area contributed by atoms with Gasteiger partial charge in [0.25, 0.3) is 0 Å². The van der Waals surface area contributed by atoms with Crippen LogP contribution < -0.4 is 5.32 Å². The van der Waals surface area contributed by atoms with Gasteiger partial charge in [-0.3, -0.25) is 5.10 Å². The Bertz CT molecular complexity index is 355. The summed E-state index contributed by atoms with van der Waals surface area (Å²) in [5, 5.41) is 11.0. The SMILES string of the molecule is CCCc1cc(CNC(C)CN2CCCCC2)[nH]n1. The molecular formula is C15H28N4. The van der Waals surface area contributed by atoms with Crippen LogP contribution in [0.2, 0.25) is 0 Å². The molecule has 1 aliphatic heterocycles. The second kappa shape index (κ2) is 7.65. The molecule has 0 bridgehead atoms. The first-order valence-corrected chi connectivity index (χ1v) is 7.77. The van der Waals surface area contributed by atoms with Crippen molar-refractivity contribution >= 4 is 0 Å². The van der Waals surface area contributed by atoms with Crippen LogP contribution in [-0.2, 0) is 13.0 Å². The molecule has 19 heavy (non-hydrogen) atoms. The zero-order valence-electron chi connectivity index (χ0n) is 12.4. The van der Waals surface area contributed by atoms with Crippen LogP contribution in [0.1, 0.15) is 50.9 Å². The molecule has 2 rings (SSSR count). The second-order valence-corrected chi connectivity index (χ2v) is 5.78. The summed E-state index contributed by atoms with van der Waals surface area (Å²) in [5.74, 6) is 0. The molecule has 1 unspecified atom stereocenters. The van der Waals surface area contributed by atoms with E-state index in [0.29, 0.717) is 6.04 Å². The fourth-order valence-electron chi connectivity index (χ4n) is 2.76. The van der Waals surface area contributed by atoms with E-state index >= 15 is 0 Å². The Labute approximate surface area is 117 Å². The van der Waals surface area contributed by atoms with Crippen LogP contribution >= 0.6 is 0 Å². The standard InChI is InChI=1S/C15H28N4/c1-3-7-14-10-15(18-17-14)11-16-13(2)12-19-8-5-4-6-9-19/h10,13,16H,3-9,11-12H2,1-2H3,(H,17,18). The van der Waals surface area contributed by atoms with Crippen LogP contribution in [0.5, 0.6) is 0 Å². The van der Waals surface area contributed by atoms with E-state index in [1.165, 1.54) is 43.7 Å². The zero-order chi connectivity index (χ0) is 13.5. The normalized spacial score (nSPS) is 18.6. The molecule has 0 aliphatic carbocycles. The topological polar surface area (TPSA) is 44.0 Å². The molecule has 0 spiro atoms. The van der Waals surface area contributed by atoms with E-state index in [0.717, 1.165) is 25.9 Å². The lowest BCUT2D eigenvalue weighted by Gasteiger charge is -2.29. The minimum Gasteiger partial charge on any atom is -0.307 e. The molecule has 2 N–H and O–H groups in total. The molecular weight excluding hydrogens is 236 g/mol. The van der Waals surface area contributed by atoms with Crippen molar-refractivity contribution in [2.75, 3.05) is 19.6 Å². The van der Waals surface area contributed by atoms with Gasteiger partial charge in [0.1, 0.15) is 0 Å². The minimum absolute atomic E-state index is 0.538. The first-order valence-electron chi connectivity index (χ1n) is 7.77. The molecule has 0 aromatic carbocycles. The first-order chi connectivity index (χ1) is 9.28. The molecule has 1 aromatic rings. The highest BCUT2D eigenvalue weighted by molar-refractivity contribution is 5.08. The Balaban J connectivity index is 1.68. The van der Waals surface area contributed by atoms with Gasteiger partial charge in [0.05, 0.1) is 5.69 Å². The number of rotatable bonds is 7. The predicted octanol–water partition coefficient (Wildman–Crippen LogP) is 2.33. The number of likely N-dealkylation sites (tertiary alicyclic amines) is 1. The molecule has 1 atom stereocenters. The largest absolute Gasteiger partial charge is 0.307 e. The van der Waals surface area contributed by atoms with E-state index in [1.807, 2.05) is 0 Å². The fourth-order valence-corrected chi connectivity index (χ4v) is 2.76. The van der Waals surface area contributed by atoms with E-state index in [4.69, 9.17) is 0 Å². The number of aromatic amines is 1. The van der Waals surface area contributed by atoms with Crippen LogP contribution in [0.25, 0.3) is 0 Å². The lowest BCUT2D eigenvalue weighted by molar-refractivity contribution is 0.208.